The zero-order valence-corrected chi connectivity index (χ0v) is 16.0. The van der Waals surface area contributed by atoms with Crippen LogP contribution in [0.5, 0.6) is 5.75 Å². The predicted octanol–water partition coefficient (Wildman–Crippen LogP) is 4.75. The molecule has 0 unspecified atom stereocenters. The lowest BCUT2D eigenvalue weighted by atomic mass is 10.1. The highest BCUT2D eigenvalue weighted by Gasteiger charge is 2.10. The monoisotopic (exact) mass is 382 g/mol. The summed E-state index contributed by atoms with van der Waals surface area (Å²) in [5.41, 5.74) is 3.99. The molecule has 0 spiro atoms. The molecule has 1 aromatic heterocycles. The van der Waals surface area contributed by atoms with Gasteiger partial charge in [0.25, 0.3) is 5.91 Å². The summed E-state index contributed by atoms with van der Waals surface area (Å²) in [6.07, 6.45) is 2.95. The van der Waals surface area contributed by atoms with E-state index in [1.165, 1.54) is 25.1 Å². The molecule has 27 heavy (non-hydrogen) atoms. The van der Waals surface area contributed by atoms with Gasteiger partial charge in [-0.1, -0.05) is 29.3 Å². The normalized spacial score (nSPS) is 10.4. The first-order valence-corrected chi connectivity index (χ1v) is 8.65. The second-order valence-electron chi connectivity index (χ2n) is 6.03. The Labute approximate surface area is 162 Å². The summed E-state index contributed by atoms with van der Waals surface area (Å²) in [6, 6.07) is 11.1. The van der Waals surface area contributed by atoms with Gasteiger partial charge in [-0.2, -0.15) is 0 Å². The maximum absolute atomic E-state index is 12.3. The summed E-state index contributed by atoms with van der Waals surface area (Å²) >= 11 is 6.07. The molecule has 0 fully saturated rings. The van der Waals surface area contributed by atoms with Gasteiger partial charge in [0.15, 0.2) is 0 Å². The molecule has 0 atom stereocenters. The van der Waals surface area contributed by atoms with Crippen molar-refractivity contribution in [2.24, 2.45) is 0 Å². The third-order valence-electron chi connectivity index (χ3n) is 3.94. The second kappa shape index (κ2) is 8.05. The number of ether oxygens (including phenoxy) is 1. The Kier molecular flexibility index (Phi) is 5.57. The van der Waals surface area contributed by atoms with Crippen LogP contribution in [0.4, 0.5) is 17.2 Å². The molecule has 138 valence electrons. The van der Waals surface area contributed by atoms with Crippen molar-refractivity contribution in [1.82, 2.24) is 9.97 Å². The average molecular weight is 383 g/mol. The van der Waals surface area contributed by atoms with E-state index in [1.807, 2.05) is 26.0 Å². The number of hydrogen-bond donors (Lipinski definition) is 2. The van der Waals surface area contributed by atoms with E-state index in [9.17, 15) is 4.79 Å². The molecule has 1 heterocycles. The van der Waals surface area contributed by atoms with Crippen molar-refractivity contribution in [1.29, 1.82) is 0 Å². The van der Waals surface area contributed by atoms with E-state index >= 15 is 0 Å². The lowest BCUT2D eigenvalue weighted by Crippen LogP contribution is -2.14. The van der Waals surface area contributed by atoms with Crippen LogP contribution in [0.3, 0.4) is 0 Å². The summed E-state index contributed by atoms with van der Waals surface area (Å²) in [5.74, 6) is 0.726. The highest BCUT2D eigenvalue weighted by atomic mass is 35.5. The molecule has 6 nitrogen and oxygen atoms in total. The Morgan fingerprint density at radius 3 is 2.52 bits per heavy atom. The molecule has 0 radical (unpaired) electrons. The zero-order chi connectivity index (χ0) is 19.4. The molecule has 3 aromatic rings. The molecule has 0 saturated heterocycles. The van der Waals surface area contributed by atoms with Crippen molar-refractivity contribution in [3.05, 3.63) is 70.6 Å². The molecular weight excluding hydrogens is 364 g/mol. The molecule has 7 heteroatoms. The third-order valence-corrected chi connectivity index (χ3v) is 4.23. The van der Waals surface area contributed by atoms with E-state index in [1.54, 1.807) is 18.2 Å². The standard InChI is InChI=1S/C20H19ClN4O2/c1-12-4-6-16(13(2)8-12)25-19-11-22-17(10-23-19)20(26)24-14-5-7-18(27-3)15(21)9-14/h4-11H,1-3H3,(H,23,25)(H,24,26). The average Bonchev–Trinajstić information content (AvgIpc) is 2.65. The van der Waals surface area contributed by atoms with Crippen LogP contribution in [0, 0.1) is 13.8 Å². The van der Waals surface area contributed by atoms with Crippen LogP contribution >= 0.6 is 11.6 Å². The van der Waals surface area contributed by atoms with Gasteiger partial charge in [0.1, 0.15) is 17.3 Å². The summed E-state index contributed by atoms with van der Waals surface area (Å²) in [6.45, 7) is 4.06. The van der Waals surface area contributed by atoms with Crippen LogP contribution in [-0.2, 0) is 0 Å². The number of hydrogen-bond acceptors (Lipinski definition) is 5. The quantitative estimate of drug-likeness (QED) is 0.665. The molecule has 2 N–H and O–H groups in total. The first-order chi connectivity index (χ1) is 13.0. The summed E-state index contributed by atoms with van der Waals surface area (Å²) in [7, 11) is 1.53. The molecule has 2 aromatic carbocycles. The van der Waals surface area contributed by atoms with Crippen LogP contribution < -0.4 is 15.4 Å². The number of nitrogens with zero attached hydrogens (tertiary/aromatic N) is 2. The number of anilines is 3. The van der Waals surface area contributed by atoms with E-state index in [2.05, 4.69) is 26.7 Å². The fourth-order valence-electron chi connectivity index (χ4n) is 2.54. The highest BCUT2D eigenvalue weighted by Crippen LogP contribution is 2.27. The van der Waals surface area contributed by atoms with Gasteiger partial charge >= 0.3 is 0 Å². The van der Waals surface area contributed by atoms with Gasteiger partial charge in [-0.3, -0.25) is 4.79 Å². The molecule has 0 saturated carbocycles. The van der Waals surface area contributed by atoms with Crippen molar-refractivity contribution >= 4 is 34.7 Å². The van der Waals surface area contributed by atoms with Crippen molar-refractivity contribution in [3.63, 3.8) is 0 Å². The molecule has 1 amide bonds. The zero-order valence-electron chi connectivity index (χ0n) is 15.2. The van der Waals surface area contributed by atoms with Crippen LogP contribution in [0.15, 0.2) is 48.8 Å². The lowest BCUT2D eigenvalue weighted by Gasteiger charge is -2.10. The Morgan fingerprint density at radius 2 is 1.89 bits per heavy atom. The molecule has 0 aliphatic carbocycles. The molecule has 0 aliphatic rings. The number of methoxy groups -OCH3 is 1. The number of nitrogens with one attached hydrogen (secondary N) is 2. The Balaban J connectivity index is 1.69. The predicted molar refractivity (Wildman–Crippen MR) is 107 cm³/mol. The van der Waals surface area contributed by atoms with Crippen LogP contribution in [0.2, 0.25) is 5.02 Å². The summed E-state index contributed by atoms with van der Waals surface area (Å²) in [5, 5.41) is 6.34. The minimum absolute atomic E-state index is 0.202. The van der Waals surface area contributed by atoms with Crippen molar-refractivity contribution in [2.75, 3.05) is 17.7 Å². The number of halogens is 1. The number of carbonyl (C=O) groups excluding carboxylic acids is 1. The third kappa shape index (κ3) is 4.54. The maximum Gasteiger partial charge on any atom is 0.275 e. The van der Waals surface area contributed by atoms with E-state index in [4.69, 9.17) is 16.3 Å². The fourth-order valence-corrected chi connectivity index (χ4v) is 2.80. The Bertz CT molecular complexity index is 974. The largest absolute Gasteiger partial charge is 0.495 e. The minimum atomic E-state index is -0.373. The Morgan fingerprint density at radius 1 is 1.07 bits per heavy atom. The number of carbonyl (C=O) groups is 1. The summed E-state index contributed by atoms with van der Waals surface area (Å²) < 4.78 is 5.09. The number of amides is 1. The first-order valence-electron chi connectivity index (χ1n) is 8.27. The van der Waals surface area contributed by atoms with Gasteiger partial charge in [0, 0.05) is 11.4 Å². The number of rotatable bonds is 5. The SMILES string of the molecule is COc1ccc(NC(=O)c2cnc(Nc3ccc(C)cc3C)cn2)cc1Cl. The number of aromatic nitrogens is 2. The fraction of sp³-hybridized carbons (Fsp3) is 0.150. The minimum Gasteiger partial charge on any atom is -0.495 e. The van der Waals surface area contributed by atoms with Gasteiger partial charge in [-0.15, -0.1) is 0 Å². The Hall–Kier alpha value is -3.12. The second-order valence-corrected chi connectivity index (χ2v) is 6.44. The van der Waals surface area contributed by atoms with Gasteiger partial charge in [-0.25, -0.2) is 9.97 Å². The summed E-state index contributed by atoms with van der Waals surface area (Å²) in [4.78, 5) is 20.8. The van der Waals surface area contributed by atoms with Gasteiger partial charge < -0.3 is 15.4 Å². The van der Waals surface area contributed by atoms with E-state index in [-0.39, 0.29) is 11.6 Å². The molecule has 0 aliphatic heterocycles. The maximum atomic E-state index is 12.3. The van der Waals surface area contributed by atoms with Gasteiger partial charge in [0.2, 0.25) is 0 Å². The number of aryl methyl sites for hydroxylation is 2. The van der Waals surface area contributed by atoms with Gasteiger partial charge in [0.05, 0.1) is 24.5 Å². The van der Waals surface area contributed by atoms with E-state index in [0.717, 1.165) is 11.3 Å². The smallest absolute Gasteiger partial charge is 0.275 e. The van der Waals surface area contributed by atoms with Crippen LogP contribution in [0.25, 0.3) is 0 Å². The highest BCUT2D eigenvalue weighted by molar-refractivity contribution is 6.32. The molecule has 0 bridgehead atoms. The van der Waals surface area contributed by atoms with Crippen LogP contribution in [-0.4, -0.2) is 23.0 Å². The van der Waals surface area contributed by atoms with Crippen LogP contribution in [0.1, 0.15) is 21.6 Å². The van der Waals surface area contributed by atoms with Crippen molar-refractivity contribution < 1.29 is 9.53 Å². The van der Waals surface area contributed by atoms with Crippen molar-refractivity contribution in [3.8, 4) is 5.75 Å². The van der Waals surface area contributed by atoms with Gasteiger partial charge in [-0.05, 0) is 43.7 Å². The van der Waals surface area contributed by atoms with E-state index < -0.39 is 0 Å². The molecular formula is C20H19ClN4O2. The lowest BCUT2D eigenvalue weighted by molar-refractivity contribution is 0.102. The van der Waals surface area contributed by atoms with E-state index in [0.29, 0.717) is 22.3 Å². The van der Waals surface area contributed by atoms with Crippen molar-refractivity contribution in [2.45, 2.75) is 13.8 Å². The first kappa shape index (κ1) is 18.7. The molecule has 3 rings (SSSR count). The number of benzene rings is 2. The topological polar surface area (TPSA) is 76.1 Å².